The van der Waals surface area contributed by atoms with Crippen LogP contribution in [0.15, 0.2) is 15.2 Å². The number of Topliss-reactive ketones (excluding diaryl/α,β-unsaturated/α-hetero) is 1. The van der Waals surface area contributed by atoms with Crippen molar-refractivity contribution >= 4 is 39.0 Å². The Kier molecular flexibility index (Phi) is 2.41. The maximum absolute atomic E-state index is 10.9. The number of carbonyl (C=O) groups is 2. The summed E-state index contributed by atoms with van der Waals surface area (Å²) in [7, 11) is 0. The van der Waals surface area contributed by atoms with Gasteiger partial charge in [0.2, 0.25) is 0 Å². The first-order valence-electron chi connectivity index (χ1n) is 2.68. The van der Waals surface area contributed by atoms with Gasteiger partial charge in [0.15, 0.2) is 0 Å². The van der Waals surface area contributed by atoms with Gasteiger partial charge in [-0.3, -0.25) is 9.59 Å². The molecule has 11 heavy (non-hydrogen) atoms. The van der Waals surface area contributed by atoms with Crippen molar-refractivity contribution in [3.05, 3.63) is 20.8 Å². The number of halogens is 1. The summed E-state index contributed by atoms with van der Waals surface area (Å²) in [6.45, 7) is 0. The molecule has 1 amide bonds. The second-order valence-corrected chi connectivity index (χ2v) is 3.42. The van der Waals surface area contributed by atoms with Crippen LogP contribution >= 0.6 is 27.3 Å². The summed E-state index contributed by atoms with van der Waals surface area (Å²) >= 11 is 4.45. The average molecular weight is 234 g/mol. The number of rotatable bonds is 2. The highest BCUT2D eigenvalue weighted by Gasteiger charge is 2.15. The first-order valence-corrected chi connectivity index (χ1v) is 4.42. The van der Waals surface area contributed by atoms with Crippen LogP contribution in [0.3, 0.4) is 0 Å². The fourth-order valence-corrected chi connectivity index (χ4v) is 2.03. The van der Waals surface area contributed by atoms with Crippen LogP contribution in [0.4, 0.5) is 0 Å². The Hall–Kier alpha value is -0.680. The van der Waals surface area contributed by atoms with Crippen molar-refractivity contribution in [3.63, 3.8) is 0 Å². The molecule has 0 spiro atoms. The molecular formula is C6H4BrNO2S. The van der Waals surface area contributed by atoms with E-state index < -0.39 is 11.7 Å². The van der Waals surface area contributed by atoms with Crippen molar-refractivity contribution in [2.75, 3.05) is 0 Å². The Morgan fingerprint density at radius 1 is 1.45 bits per heavy atom. The van der Waals surface area contributed by atoms with Crippen LogP contribution < -0.4 is 5.73 Å². The van der Waals surface area contributed by atoms with Gasteiger partial charge >= 0.3 is 0 Å². The molecule has 0 saturated carbocycles. The third kappa shape index (κ3) is 1.66. The summed E-state index contributed by atoms with van der Waals surface area (Å²) in [5.41, 5.74) is 5.13. The summed E-state index contributed by atoms with van der Waals surface area (Å²) in [5, 5.41) is 3.30. The molecule has 0 radical (unpaired) electrons. The van der Waals surface area contributed by atoms with Gasteiger partial charge in [-0.15, -0.1) is 0 Å². The van der Waals surface area contributed by atoms with Crippen LogP contribution in [-0.4, -0.2) is 11.7 Å². The van der Waals surface area contributed by atoms with Gasteiger partial charge in [0.1, 0.15) is 0 Å². The third-order valence-electron chi connectivity index (χ3n) is 1.08. The van der Waals surface area contributed by atoms with E-state index in [2.05, 4.69) is 15.9 Å². The lowest BCUT2D eigenvalue weighted by atomic mass is 10.2. The largest absolute Gasteiger partial charge is 0.363 e. The SMILES string of the molecule is NC(=O)C(=O)c1cscc1Br. The van der Waals surface area contributed by atoms with E-state index in [1.54, 1.807) is 10.8 Å². The van der Waals surface area contributed by atoms with E-state index in [-0.39, 0.29) is 0 Å². The molecule has 2 N–H and O–H groups in total. The molecule has 0 bridgehead atoms. The van der Waals surface area contributed by atoms with Gasteiger partial charge in [0, 0.05) is 15.2 Å². The molecule has 1 heterocycles. The first kappa shape index (κ1) is 8.42. The monoisotopic (exact) mass is 233 g/mol. The Morgan fingerprint density at radius 2 is 2.09 bits per heavy atom. The minimum atomic E-state index is -0.927. The second kappa shape index (κ2) is 3.15. The molecule has 3 nitrogen and oxygen atoms in total. The van der Waals surface area contributed by atoms with Gasteiger partial charge in [-0.1, -0.05) is 0 Å². The van der Waals surface area contributed by atoms with Gasteiger partial charge in [-0.05, 0) is 15.9 Å². The molecule has 1 aromatic rings. The zero-order chi connectivity index (χ0) is 8.43. The van der Waals surface area contributed by atoms with Crippen LogP contribution in [0.1, 0.15) is 10.4 Å². The Balaban J connectivity index is 3.02. The molecule has 0 atom stereocenters. The third-order valence-corrected chi connectivity index (χ3v) is 2.79. The molecule has 0 aliphatic rings. The van der Waals surface area contributed by atoms with Gasteiger partial charge in [-0.2, -0.15) is 11.3 Å². The summed E-state index contributed by atoms with van der Waals surface area (Å²) in [5.74, 6) is -1.58. The lowest BCUT2D eigenvalue weighted by Crippen LogP contribution is -2.22. The van der Waals surface area contributed by atoms with Gasteiger partial charge < -0.3 is 5.73 Å². The number of amides is 1. The zero-order valence-corrected chi connectivity index (χ0v) is 7.74. The quantitative estimate of drug-likeness (QED) is 0.616. The topological polar surface area (TPSA) is 60.2 Å². The predicted octanol–water partition coefficient (Wildman–Crippen LogP) is 1.18. The highest BCUT2D eigenvalue weighted by molar-refractivity contribution is 9.10. The molecule has 0 aliphatic heterocycles. The molecule has 5 heteroatoms. The summed E-state index contributed by atoms with van der Waals surface area (Å²) in [6.07, 6.45) is 0. The standard InChI is InChI=1S/C6H4BrNO2S/c7-4-2-11-1-3(4)5(9)6(8)10/h1-2H,(H2,8,10). The smallest absolute Gasteiger partial charge is 0.289 e. The average Bonchev–Trinajstić information content (AvgIpc) is 2.33. The van der Waals surface area contributed by atoms with E-state index in [1.165, 1.54) is 11.3 Å². The summed E-state index contributed by atoms with van der Waals surface area (Å²) in [4.78, 5) is 21.3. The predicted molar refractivity (Wildman–Crippen MR) is 45.5 cm³/mol. The number of primary amides is 1. The van der Waals surface area contributed by atoms with Crippen LogP contribution in [0.25, 0.3) is 0 Å². The van der Waals surface area contributed by atoms with Crippen molar-refractivity contribution in [2.45, 2.75) is 0 Å². The molecule has 0 fully saturated rings. The minimum absolute atomic E-state index is 0.336. The number of hydrogen-bond donors (Lipinski definition) is 1. The molecule has 1 aromatic heterocycles. The minimum Gasteiger partial charge on any atom is -0.363 e. The van der Waals surface area contributed by atoms with Crippen LogP contribution in [0.5, 0.6) is 0 Å². The van der Waals surface area contributed by atoms with Gasteiger partial charge in [0.25, 0.3) is 11.7 Å². The van der Waals surface area contributed by atoms with Crippen molar-refractivity contribution in [2.24, 2.45) is 5.73 Å². The fourth-order valence-electron chi connectivity index (χ4n) is 0.576. The van der Waals surface area contributed by atoms with Crippen LogP contribution in [-0.2, 0) is 4.79 Å². The van der Waals surface area contributed by atoms with Crippen molar-refractivity contribution in [3.8, 4) is 0 Å². The molecule has 0 aliphatic carbocycles. The van der Waals surface area contributed by atoms with E-state index in [1.807, 2.05) is 0 Å². The number of ketones is 1. The van der Waals surface area contributed by atoms with E-state index >= 15 is 0 Å². The molecule has 0 unspecified atom stereocenters. The summed E-state index contributed by atoms with van der Waals surface area (Å²) < 4.78 is 0.617. The second-order valence-electron chi connectivity index (χ2n) is 1.83. The summed E-state index contributed by atoms with van der Waals surface area (Å²) in [6, 6.07) is 0. The lowest BCUT2D eigenvalue weighted by molar-refractivity contribution is -0.114. The molecule has 0 aromatic carbocycles. The van der Waals surface area contributed by atoms with E-state index in [0.717, 1.165) is 0 Å². The molecule has 1 rings (SSSR count). The normalized spacial score (nSPS) is 9.55. The number of nitrogens with two attached hydrogens (primary N) is 1. The molecule has 58 valence electrons. The number of carbonyl (C=O) groups excluding carboxylic acids is 2. The van der Waals surface area contributed by atoms with E-state index in [9.17, 15) is 9.59 Å². The number of hydrogen-bond acceptors (Lipinski definition) is 3. The number of thiophene rings is 1. The Morgan fingerprint density at radius 3 is 2.45 bits per heavy atom. The highest BCUT2D eigenvalue weighted by Crippen LogP contribution is 2.21. The first-order chi connectivity index (χ1) is 5.13. The zero-order valence-electron chi connectivity index (χ0n) is 5.33. The van der Waals surface area contributed by atoms with E-state index in [0.29, 0.717) is 10.0 Å². The van der Waals surface area contributed by atoms with Crippen molar-refractivity contribution < 1.29 is 9.59 Å². The Bertz CT molecular complexity index is 307. The van der Waals surface area contributed by atoms with Crippen molar-refractivity contribution in [1.82, 2.24) is 0 Å². The maximum atomic E-state index is 10.9. The van der Waals surface area contributed by atoms with Crippen molar-refractivity contribution in [1.29, 1.82) is 0 Å². The Labute approximate surface area is 75.3 Å². The van der Waals surface area contributed by atoms with Gasteiger partial charge in [-0.25, -0.2) is 0 Å². The fraction of sp³-hybridized carbons (Fsp3) is 0. The van der Waals surface area contributed by atoms with Crippen LogP contribution in [0, 0.1) is 0 Å². The lowest BCUT2D eigenvalue weighted by Gasteiger charge is -1.90. The van der Waals surface area contributed by atoms with Gasteiger partial charge in [0.05, 0.1) is 5.56 Å². The van der Waals surface area contributed by atoms with E-state index in [4.69, 9.17) is 5.73 Å². The maximum Gasteiger partial charge on any atom is 0.289 e. The molecular weight excluding hydrogens is 230 g/mol. The van der Waals surface area contributed by atoms with Crippen LogP contribution in [0.2, 0.25) is 0 Å². The highest BCUT2D eigenvalue weighted by atomic mass is 79.9. The molecule has 0 saturated heterocycles.